The number of rotatable bonds is 8. The van der Waals surface area contributed by atoms with Crippen molar-refractivity contribution in [1.29, 1.82) is 0 Å². The molecule has 0 unspecified atom stereocenters. The summed E-state index contributed by atoms with van der Waals surface area (Å²) >= 11 is 12.6. The summed E-state index contributed by atoms with van der Waals surface area (Å²) in [6.07, 6.45) is -1.92. The third kappa shape index (κ3) is 7.59. The lowest BCUT2D eigenvalue weighted by Crippen LogP contribution is -2.38. The molecule has 3 aromatic rings. The fourth-order valence-corrected chi connectivity index (χ4v) is 4.30. The standard InChI is InChI=1S/C24H23Cl2F3N6O3/c1-14(36)32-21-18(25)6-7-19(20(21)26)33-22-30-13-31-23(34-22)35-10-8-16(9-11-35)37-12-15-2-4-17(5-3-15)38-24(27,28)29/h2-7,13,16H,8-12H2,1H3,(H,32,36)(H,30,31,33,34). The Labute approximate surface area is 226 Å². The van der Waals surface area contributed by atoms with Crippen molar-refractivity contribution >= 4 is 52.4 Å². The third-order valence-corrected chi connectivity index (χ3v) is 6.27. The van der Waals surface area contributed by atoms with E-state index in [-0.39, 0.29) is 41.0 Å². The predicted octanol–water partition coefficient (Wildman–Crippen LogP) is 5.96. The van der Waals surface area contributed by atoms with Gasteiger partial charge in [0.1, 0.15) is 12.1 Å². The van der Waals surface area contributed by atoms with Crippen molar-refractivity contribution in [2.75, 3.05) is 28.6 Å². The van der Waals surface area contributed by atoms with Crippen molar-refractivity contribution < 1.29 is 27.4 Å². The lowest BCUT2D eigenvalue weighted by atomic mass is 10.1. The normalized spacial score (nSPS) is 14.3. The Morgan fingerprint density at radius 1 is 1.11 bits per heavy atom. The van der Waals surface area contributed by atoms with Crippen LogP contribution in [0.3, 0.4) is 0 Å². The molecule has 1 amide bonds. The van der Waals surface area contributed by atoms with Crippen molar-refractivity contribution in [3.8, 4) is 5.75 Å². The number of carbonyl (C=O) groups is 1. The average molecular weight is 571 g/mol. The van der Waals surface area contributed by atoms with Gasteiger partial charge in [0.25, 0.3) is 0 Å². The van der Waals surface area contributed by atoms with E-state index in [1.165, 1.54) is 25.4 Å². The van der Waals surface area contributed by atoms with E-state index in [4.69, 9.17) is 27.9 Å². The number of aromatic nitrogens is 3. The lowest BCUT2D eigenvalue weighted by molar-refractivity contribution is -0.274. The van der Waals surface area contributed by atoms with Crippen LogP contribution in [-0.4, -0.2) is 46.4 Å². The quantitative estimate of drug-likeness (QED) is 0.342. The molecule has 0 spiro atoms. The van der Waals surface area contributed by atoms with Crippen LogP contribution in [0.5, 0.6) is 5.75 Å². The van der Waals surface area contributed by atoms with Crippen LogP contribution in [0.15, 0.2) is 42.7 Å². The molecule has 0 radical (unpaired) electrons. The zero-order valence-electron chi connectivity index (χ0n) is 20.1. The number of hydrogen-bond donors (Lipinski definition) is 2. The minimum absolute atomic E-state index is 0.0168. The molecule has 1 fully saturated rings. The summed E-state index contributed by atoms with van der Waals surface area (Å²) in [5.41, 5.74) is 1.49. The van der Waals surface area contributed by atoms with Gasteiger partial charge in [-0.3, -0.25) is 4.79 Å². The van der Waals surface area contributed by atoms with E-state index in [0.717, 1.165) is 5.56 Å². The molecule has 2 N–H and O–H groups in total. The summed E-state index contributed by atoms with van der Waals surface area (Å²) < 4.78 is 46.7. The van der Waals surface area contributed by atoms with E-state index in [2.05, 4.69) is 30.3 Å². The van der Waals surface area contributed by atoms with Crippen LogP contribution in [0.1, 0.15) is 25.3 Å². The highest BCUT2D eigenvalue weighted by atomic mass is 35.5. The molecule has 1 aromatic heterocycles. The molecule has 14 heteroatoms. The summed E-state index contributed by atoms with van der Waals surface area (Å²) in [5.74, 6) is 0.166. The maximum atomic E-state index is 12.3. The summed E-state index contributed by atoms with van der Waals surface area (Å²) in [6, 6.07) is 8.86. The Morgan fingerprint density at radius 3 is 2.47 bits per heavy atom. The van der Waals surface area contributed by atoms with Crippen molar-refractivity contribution in [3.63, 3.8) is 0 Å². The minimum Gasteiger partial charge on any atom is -0.406 e. The number of anilines is 4. The maximum Gasteiger partial charge on any atom is 0.573 e. The SMILES string of the molecule is CC(=O)Nc1c(Cl)ccc(Nc2ncnc(N3CCC(OCc4ccc(OC(F)(F)F)cc4)CC3)n2)c1Cl. The number of hydrogen-bond acceptors (Lipinski definition) is 8. The van der Waals surface area contributed by atoms with Gasteiger partial charge >= 0.3 is 6.36 Å². The fourth-order valence-electron chi connectivity index (χ4n) is 3.78. The van der Waals surface area contributed by atoms with Crippen LogP contribution >= 0.6 is 23.2 Å². The molecule has 38 heavy (non-hydrogen) atoms. The predicted molar refractivity (Wildman–Crippen MR) is 137 cm³/mol. The van der Waals surface area contributed by atoms with E-state index >= 15 is 0 Å². The molecule has 0 saturated carbocycles. The fraction of sp³-hybridized carbons (Fsp3) is 0.333. The molecular formula is C24H23Cl2F3N6O3. The topological polar surface area (TPSA) is 102 Å². The van der Waals surface area contributed by atoms with Crippen LogP contribution in [0.25, 0.3) is 0 Å². The second-order valence-electron chi connectivity index (χ2n) is 8.39. The maximum absolute atomic E-state index is 12.3. The molecular weight excluding hydrogens is 548 g/mol. The number of halogens is 5. The van der Waals surface area contributed by atoms with Crippen molar-refractivity contribution in [1.82, 2.24) is 15.0 Å². The van der Waals surface area contributed by atoms with Gasteiger partial charge in [-0.25, -0.2) is 9.97 Å². The molecule has 0 atom stereocenters. The molecule has 9 nitrogen and oxygen atoms in total. The van der Waals surface area contributed by atoms with Crippen LogP contribution < -0.4 is 20.3 Å². The number of alkyl halides is 3. The van der Waals surface area contributed by atoms with E-state index in [9.17, 15) is 18.0 Å². The number of ether oxygens (including phenoxy) is 2. The van der Waals surface area contributed by atoms with Gasteiger partial charge in [0, 0.05) is 20.0 Å². The smallest absolute Gasteiger partial charge is 0.406 e. The summed E-state index contributed by atoms with van der Waals surface area (Å²) in [4.78, 5) is 26.4. The molecule has 1 saturated heterocycles. The first-order valence-electron chi connectivity index (χ1n) is 11.5. The van der Waals surface area contributed by atoms with Gasteiger partial charge in [-0.05, 0) is 42.7 Å². The first-order valence-corrected chi connectivity index (χ1v) is 12.3. The highest BCUT2D eigenvalue weighted by molar-refractivity contribution is 6.41. The first-order chi connectivity index (χ1) is 18.1. The number of amides is 1. The number of benzene rings is 2. The van der Waals surface area contributed by atoms with Gasteiger partial charge in [-0.2, -0.15) is 4.98 Å². The van der Waals surface area contributed by atoms with Crippen molar-refractivity contribution in [2.24, 2.45) is 0 Å². The zero-order valence-corrected chi connectivity index (χ0v) is 21.6. The monoisotopic (exact) mass is 570 g/mol. The van der Waals surface area contributed by atoms with E-state index in [1.54, 1.807) is 24.3 Å². The molecule has 1 aliphatic heterocycles. The molecule has 0 aliphatic carbocycles. The Bertz CT molecular complexity index is 1270. The molecule has 2 aromatic carbocycles. The van der Waals surface area contributed by atoms with Gasteiger partial charge in [-0.15, -0.1) is 13.2 Å². The lowest BCUT2D eigenvalue weighted by Gasteiger charge is -2.32. The number of nitrogens with zero attached hydrogens (tertiary/aromatic N) is 4. The highest BCUT2D eigenvalue weighted by Crippen LogP contribution is 2.37. The number of piperidine rings is 1. The Kier molecular flexibility index (Phi) is 8.75. The summed E-state index contributed by atoms with van der Waals surface area (Å²) in [7, 11) is 0. The second kappa shape index (κ2) is 12.0. The number of carbonyl (C=O) groups excluding carboxylic acids is 1. The number of nitrogens with one attached hydrogen (secondary N) is 2. The van der Waals surface area contributed by atoms with Gasteiger partial charge in [0.05, 0.1) is 34.1 Å². The molecule has 2 heterocycles. The zero-order chi connectivity index (χ0) is 27.3. The Morgan fingerprint density at radius 2 is 1.82 bits per heavy atom. The highest BCUT2D eigenvalue weighted by Gasteiger charge is 2.31. The van der Waals surface area contributed by atoms with Crippen molar-refractivity contribution in [2.45, 2.75) is 38.8 Å². The summed E-state index contributed by atoms with van der Waals surface area (Å²) in [6.45, 7) is 2.91. The first kappa shape index (κ1) is 27.7. The van der Waals surface area contributed by atoms with Crippen LogP contribution in [0.2, 0.25) is 10.0 Å². The second-order valence-corrected chi connectivity index (χ2v) is 9.17. The largest absolute Gasteiger partial charge is 0.573 e. The Hall–Kier alpha value is -3.35. The van der Waals surface area contributed by atoms with Gasteiger partial charge < -0.3 is 25.0 Å². The van der Waals surface area contributed by atoms with E-state index in [1.807, 2.05) is 4.90 Å². The van der Waals surface area contributed by atoms with Gasteiger partial charge in [-0.1, -0.05) is 35.3 Å². The van der Waals surface area contributed by atoms with Crippen LogP contribution in [0, 0.1) is 0 Å². The Balaban J connectivity index is 1.31. The summed E-state index contributed by atoms with van der Waals surface area (Å²) in [5, 5.41) is 6.15. The average Bonchev–Trinajstić information content (AvgIpc) is 2.87. The van der Waals surface area contributed by atoms with E-state index < -0.39 is 6.36 Å². The van der Waals surface area contributed by atoms with Crippen LogP contribution in [0.4, 0.5) is 36.4 Å². The molecule has 4 rings (SSSR count). The minimum atomic E-state index is -4.72. The van der Waals surface area contributed by atoms with Crippen LogP contribution in [-0.2, 0) is 16.1 Å². The molecule has 202 valence electrons. The van der Waals surface area contributed by atoms with Crippen molar-refractivity contribution in [3.05, 3.63) is 58.3 Å². The molecule has 0 bridgehead atoms. The van der Waals surface area contributed by atoms with Gasteiger partial charge in [0.15, 0.2) is 0 Å². The third-order valence-electron chi connectivity index (χ3n) is 5.57. The van der Waals surface area contributed by atoms with E-state index in [0.29, 0.717) is 42.6 Å². The van der Waals surface area contributed by atoms with Gasteiger partial charge in [0.2, 0.25) is 17.8 Å². The molecule has 1 aliphatic rings.